The van der Waals surface area contributed by atoms with Gasteiger partial charge in [-0.1, -0.05) is 103 Å². The summed E-state index contributed by atoms with van der Waals surface area (Å²) in [4.78, 5) is 29.4. The minimum Gasteiger partial charge on any atom is -0.543 e. The van der Waals surface area contributed by atoms with Gasteiger partial charge in [0, 0.05) is 5.56 Å². The predicted molar refractivity (Wildman–Crippen MR) is 194 cm³/mol. The standard InChI is InChI=1S/C40H68O5Si/c1-23(2)29-18-16-27(9)20-32(29)43-38(41)36-31(25(5)6)22-34(45-46(14,15)40(11,12)13)35(26(7)8)37(36)39(42)44-33-21-28(10)17-19-30(33)24(3)4/h22-30,32-33H,16-21H2,1-15H3/t27-,28-,29+,30+,32-,33-/m1/s1. The van der Waals surface area contributed by atoms with E-state index in [4.69, 9.17) is 13.9 Å². The molecule has 0 heterocycles. The number of carbonyl (C=O) groups is 2. The molecule has 6 atom stereocenters. The van der Waals surface area contributed by atoms with Crippen molar-refractivity contribution in [3.63, 3.8) is 0 Å². The summed E-state index contributed by atoms with van der Waals surface area (Å²) in [6, 6.07) is 2.05. The predicted octanol–water partition coefficient (Wildman–Crippen LogP) is 11.6. The SMILES string of the molecule is CC(C)c1cc(O[Si](C)(C)C(C)(C)C)c(C(C)C)c(C(=O)O[C@@H]2C[C@H](C)CC[C@H]2C(C)C)c1C(=O)O[C@@H]1C[C@H](C)CC[C@H]1C(C)C. The Labute approximate surface area is 283 Å². The molecule has 6 heteroatoms. The molecule has 1 aromatic carbocycles. The van der Waals surface area contributed by atoms with E-state index in [9.17, 15) is 9.59 Å². The molecule has 0 spiro atoms. The lowest BCUT2D eigenvalue weighted by atomic mass is 9.75. The van der Waals surface area contributed by atoms with Crippen molar-refractivity contribution >= 4 is 20.3 Å². The number of esters is 2. The molecule has 0 aromatic heterocycles. The van der Waals surface area contributed by atoms with Gasteiger partial charge >= 0.3 is 11.9 Å². The molecule has 262 valence electrons. The van der Waals surface area contributed by atoms with Gasteiger partial charge in [-0.05, 0) is 103 Å². The zero-order valence-corrected chi connectivity index (χ0v) is 33.1. The number of rotatable bonds is 10. The molecular formula is C40H68O5Si. The first-order chi connectivity index (χ1) is 21.2. The summed E-state index contributed by atoms with van der Waals surface area (Å²) < 4.78 is 20.1. The van der Waals surface area contributed by atoms with E-state index in [0.29, 0.717) is 46.6 Å². The molecule has 0 amide bonds. The van der Waals surface area contributed by atoms with E-state index in [1.54, 1.807) is 0 Å². The summed E-state index contributed by atoms with van der Waals surface area (Å²) in [5, 5.41) is -0.0379. The van der Waals surface area contributed by atoms with Crippen molar-refractivity contribution in [2.45, 2.75) is 171 Å². The third kappa shape index (κ3) is 8.79. The first-order valence-corrected chi connectivity index (χ1v) is 21.4. The molecule has 46 heavy (non-hydrogen) atoms. The molecule has 0 unspecified atom stereocenters. The van der Waals surface area contributed by atoms with Gasteiger partial charge in [0.25, 0.3) is 0 Å². The average Bonchev–Trinajstić information content (AvgIpc) is 2.90. The van der Waals surface area contributed by atoms with Crippen LogP contribution in [0, 0.1) is 35.5 Å². The van der Waals surface area contributed by atoms with Gasteiger partial charge in [-0.25, -0.2) is 9.59 Å². The zero-order valence-electron chi connectivity index (χ0n) is 32.1. The van der Waals surface area contributed by atoms with Crippen molar-refractivity contribution in [2.24, 2.45) is 35.5 Å². The van der Waals surface area contributed by atoms with Crippen LogP contribution in [0.2, 0.25) is 18.1 Å². The average molecular weight is 657 g/mol. The van der Waals surface area contributed by atoms with Crippen LogP contribution in [0.15, 0.2) is 6.07 Å². The quantitative estimate of drug-likeness (QED) is 0.185. The molecule has 2 saturated carbocycles. The van der Waals surface area contributed by atoms with Crippen LogP contribution in [-0.4, -0.2) is 32.5 Å². The maximum absolute atomic E-state index is 14.8. The fraction of sp³-hybridized carbons (Fsp3) is 0.800. The summed E-state index contributed by atoms with van der Waals surface area (Å²) in [6.45, 7) is 32.9. The zero-order chi connectivity index (χ0) is 34.9. The van der Waals surface area contributed by atoms with Gasteiger partial charge in [0.2, 0.25) is 8.32 Å². The van der Waals surface area contributed by atoms with Crippen LogP contribution >= 0.6 is 0 Å². The Morgan fingerprint density at radius 3 is 1.52 bits per heavy atom. The van der Waals surface area contributed by atoms with Gasteiger partial charge in [0.1, 0.15) is 18.0 Å². The maximum Gasteiger partial charge on any atom is 0.339 e. The smallest absolute Gasteiger partial charge is 0.339 e. The molecule has 3 rings (SSSR count). The van der Waals surface area contributed by atoms with E-state index in [2.05, 4.69) is 109 Å². The van der Waals surface area contributed by atoms with Crippen LogP contribution in [-0.2, 0) is 9.47 Å². The van der Waals surface area contributed by atoms with Crippen LogP contribution in [0.1, 0.15) is 172 Å². The molecule has 2 aliphatic rings. The topological polar surface area (TPSA) is 61.8 Å². The lowest BCUT2D eigenvalue weighted by Gasteiger charge is -2.39. The van der Waals surface area contributed by atoms with Crippen molar-refractivity contribution in [3.8, 4) is 5.75 Å². The van der Waals surface area contributed by atoms with Crippen molar-refractivity contribution in [2.75, 3.05) is 0 Å². The maximum atomic E-state index is 14.8. The monoisotopic (exact) mass is 656 g/mol. The third-order valence-electron chi connectivity index (χ3n) is 11.6. The Hall–Kier alpha value is -1.82. The first kappa shape index (κ1) is 38.6. The largest absolute Gasteiger partial charge is 0.543 e. The third-order valence-corrected chi connectivity index (χ3v) is 15.9. The van der Waals surface area contributed by atoms with Crippen molar-refractivity contribution in [1.29, 1.82) is 0 Å². The number of ether oxygens (including phenoxy) is 2. The van der Waals surface area contributed by atoms with Crippen molar-refractivity contribution in [3.05, 3.63) is 28.3 Å². The molecule has 0 aliphatic heterocycles. The number of hydrogen-bond donors (Lipinski definition) is 0. The Morgan fingerprint density at radius 1 is 0.717 bits per heavy atom. The number of carbonyl (C=O) groups excluding carboxylic acids is 2. The molecule has 1 aromatic rings. The van der Waals surface area contributed by atoms with Gasteiger partial charge < -0.3 is 13.9 Å². The lowest BCUT2D eigenvalue weighted by molar-refractivity contribution is -0.0213. The van der Waals surface area contributed by atoms with Gasteiger partial charge in [-0.2, -0.15) is 0 Å². The fourth-order valence-corrected chi connectivity index (χ4v) is 8.58. The first-order valence-electron chi connectivity index (χ1n) is 18.5. The van der Waals surface area contributed by atoms with Gasteiger partial charge in [0.05, 0.1) is 11.1 Å². The number of hydrogen-bond acceptors (Lipinski definition) is 5. The second-order valence-corrected chi connectivity index (χ2v) is 22.6. The van der Waals surface area contributed by atoms with Crippen molar-refractivity contribution in [1.82, 2.24) is 0 Å². The van der Waals surface area contributed by atoms with Gasteiger partial charge in [0.15, 0.2) is 0 Å². The van der Waals surface area contributed by atoms with E-state index in [1.807, 2.05) is 0 Å². The summed E-state index contributed by atoms with van der Waals surface area (Å²) in [5.41, 5.74) is 2.33. The van der Waals surface area contributed by atoms with Crippen LogP contribution in [0.3, 0.4) is 0 Å². The Bertz CT molecular complexity index is 1210. The molecule has 2 aliphatic carbocycles. The van der Waals surface area contributed by atoms with Crippen LogP contribution in [0.25, 0.3) is 0 Å². The van der Waals surface area contributed by atoms with E-state index >= 15 is 0 Å². The molecule has 0 saturated heterocycles. The molecule has 5 nitrogen and oxygen atoms in total. The van der Waals surface area contributed by atoms with Crippen molar-refractivity contribution < 1.29 is 23.5 Å². The molecule has 2 fully saturated rings. The fourth-order valence-electron chi connectivity index (χ4n) is 7.56. The normalized spacial score (nSPS) is 26.2. The van der Waals surface area contributed by atoms with E-state index < -0.39 is 20.3 Å². The van der Waals surface area contributed by atoms with E-state index in [1.165, 1.54) is 0 Å². The van der Waals surface area contributed by atoms with Crippen LogP contribution < -0.4 is 4.43 Å². The Morgan fingerprint density at radius 2 is 1.15 bits per heavy atom. The summed E-state index contributed by atoms with van der Waals surface area (Å²) in [7, 11) is -2.29. The van der Waals surface area contributed by atoms with E-state index in [-0.39, 0.29) is 29.1 Å². The summed E-state index contributed by atoms with van der Waals surface area (Å²) in [5.74, 6) is 2.23. The minimum atomic E-state index is -2.29. The van der Waals surface area contributed by atoms with Crippen LogP contribution in [0.4, 0.5) is 0 Å². The summed E-state index contributed by atoms with van der Waals surface area (Å²) in [6.07, 6.45) is 5.74. The van der Waals surface area contributed by atoms with E-state index in [0.717, 1.165) is 55.4 Å². The highest BCUT2D eigenvalue weighted by molar-refractivity contribution is 6.74. The highest BCUT2D eigenvalue weighted by Crippen LogP contribution is 2.45. The lowest BCUT2D eigenvalue weighted by Crippen LogP contribution is -2.44. The molecule has 0 radical (unpaired) electrons. The molecule has 0 N–H and O–H groups in total. The molecule has 0 bridgehead atoms. The minimum absolute atomic E-state index is 0.0265. The Balaban J connectivity index is 2.27. The van der Waals surface area contributed by atoms with Gasteiger partial charge in [-0.15, -0.1) is 0 Å². The number of benzene rings is 1. The molecular weight excluding hydrogens is 589 g/mol. The second-order valence-electron chi connectivity index (χ2n) is 17.8. The highest BCUT2D eigenvalue weighted by Gasteiger charge is 2.43. The Kier molecular flexibility index (Phi) is 12.7. The van der Waals surface area contributed by atoms with Crippen LogP contribution in [0.5, 0.6) is 5.75 Å². The highest BCUT2D eigenvalue weighted by atomic mass is 28.4. The second kappa shape index (κ2) is 15.2. The van der Waals surface area contributed by atoms with Gasteiger partial charge in [-0.3, -0.25) is 0 Å². The summed E-state index contributed by atoms with van der Waals surface area (Å²) >= 11 is 0.